The molecule has 0 radical (unpaired) electrons. The second-order valence-corrected chi connectivity index (χ2v) is 6.55. The maximum atomic E-state index is 6.36. The maximum Gasteiger partial charge on any atom is 0.0453 e. The normalized spacial score (nSPS) is 28.6. The fourth-order valence-corrected chi connectivity index (χ4v) is 2.93. The summed E-state index contributed by atoms with van der Waals surface area (Å²) in [4.78, 5) is 2.54. The van der Waals surface area contributed by atoms with Gasteiger partial charge in [-0.3, -0.25) is 4.90 Å². The molecule has 2 nitrogen and oxygen atoms in total. The van der Waals surface area contributed by atoms with Crippen molar-refractivity contribution in [3.63, 3.8) is 0 Å². The molecule has 0 bridgehead atoms. The lowest BCUT2D eigenvalue weighted by molar-refractivity contribution is 0.0866. The van der Waals surface area contributed by atoms with Crippen LogP contribution in [0.3, 0.4) is 0 Å². The number of nitrogens with one attached hydrogen (secondary N) is 1. The number of benzene rings is 1. The van der Waals surface area contributed by atoms with Crippen LogP contribution in [0.4, 0.5) is 0 Å². The van der Waals surface area contributed by atoms with Gasteiger partial charge in [-0.15, -0.1) is 0 Å². The molecule has 1 aliphatic heterocycles. The van der Waals surface area contributed by atoms with Crippen molar-refractivity contribution in [2.45, 2.75) is 52.2 Å². The molecule has 2 atom stereocenters. The molecule has 1 aliphatic rings. The Morgan fingerprint density at radius 2 is 2.21 bits per heavy atom. The number of halogens is 1. The SMILES string of the molecule is CCC1(C)CN(Cc2ccc(C)cc2Cl)C(C)CN1. The fourth-order valence-electron chi connectivity index (χ4n) is 2.63. The summed E-state index contributed by atoms with van der Waals surface area (Å²) < 4.78 is 0. The predicted octanol–water partition coefficient (Wildman–Crippen LogP) is 3.61. The topological polar surface area (TPSA) is 15.3 Å². The lowest BCUT2D eigenvalue weighted by Gasteiger charge is -2.45. The van der Waals surface area contributed by atoms with Crippen LogP contribution in [0, 0.1) is 6.92 Å². The van der Waals surface area contributed by atoms with E-state index in [-0.39, 0.29) is 5.54 Å². The van der Waals surface area contributed by atoms with E-state index in [9.17, 15) is 0 Å². The van der Waals surface area contributed by atoms with Gasteiger partial charge in [0.15, 0.2) is 0 Å². The van der Waals surface area contributed by atoms with Gasteiger partial charge in [-0.05, 0) is 44.4 Å². The largest absolute Gasteiger partial charge is 0.309 e. The Bertz CT molecular complexity index is 446. The first kappa shape index (κ1) is 14.8. The van der Waals surface area contributed by atoms with Crippen molar-refractivity contribution in [3.8, 4) is 0 Å². The zero-order chi connectivity index (χ0) is 14.0. The minimum atomic E-state index is 0.226. The van der Waals surface area contributed by atoms with E-state index >= 15 is 0 Å². The molecular formula is C16H25ClN2. The molecule has 0 saturated carbocycles. The third-order valence-electron chi connectivity index (χ3n) is 4.36. The minimum Gasteiger partial charge on any atom is -0.309 e. The molecule has 1 aromatic carbocycles. The standard InChI is InChI=1S/C16H25ClN2/c1-5-16(4)11-19(13(3)9-18-16)10-14-7-6-12(2)8-15(14)17/h6-8,13,18H,5,9-11H2,1-4H3. The Labute approximate surface area is 122 Å². The van der Waals surface area contributed by atoms with Gasteiger partial charge >= 0.3 is 0 Å². The van der Waals surface area contributed by atoms with Crippen LogP contribution in [0.5, 0.6) is 0 Å². The highest BCUT2D eigenvalue weighted by Crippen LogP contribution is 2.24. The minimum absolute atomic E-state index is 0.226. The Hall–Kier alpha value is -0.570. The Morgan fingerprint density at radius 3 is 2.84 bits per heavy atom. The van der Waals surface area contributed by atoms with Crippen LogP contribution >= 0.6 is 11.6 Å². The van der Waals surface area contributed by atoms with Gasteiger partial charge in [0.05, 0.1) is 0 Å². The monoisotopic (exact) mass is 280 g/mol. The highest BCUT2D eigenvalue weighted by molar-refractivity contribution is 6.31. The van der Waals surface area contributed by atoms with Gasteiger partial charge in [-0.1, -0.05) is 30.7 Å². The smallest absolute Gasteiger partial charge is 0.0453 e. The maximum absolute atomic E-state index is 6.36. The van der Waals surface area contributed by atoms with Gasteiger partial charge in [-0.2, -0.15) is 0 Å². The van der Waals surface area contributed by atoms with Crippen molar-refractivity contribution in [2.75, 3.05) is 13.1 Å². The third-order valence-corrected chi connectivity index (χ3v) is 4.71. The summed E-state index contributed by atoms with van der Waals surface area (Å²) in [5.74, 6) is 0. The zero-order valence-electron chi connectivity index (χ0n) is 12.5. The molecule has 0 amide bonds. The van der Waals surface area contributed by atoms with E-state index in [1.807, 2.05) is 0 Å². The van der Waals surface area contributed by atoms with Crippen LogP contribution in [0.2, 0.25) is 5.02 Å². The van der Waals surface area contributed by atoms with Crippen molar-refractivity contribution >= 4 is 11.6 Å². The molecule has 1 fully saturated rings. The van der Waals surface area contributed by atoms with E-state index in [0.717, 1.165) is 31.1 Å². The van der Waals surface area contributed by atoms with Gasteiger partial charge < -0.3 is 5.32 Å². The summed E-state index contributed by atoms with van der Waals surface area (Å²) in [6, 6.07) is 6.92. The van der Waals surface area contributed by atoms with E-state index in [0.29, 0.717) is 6.04 Å². The fraction of sp³-hybridized carbons (Fsp3) is 0.625. The van der Waals surface area contributed by atoms with Gasteiger partial charge in [0, 0.05) is 36.2 Å². The highest BCUT2D eigenvalue weighted by atomic mass is 35.5. The lowest BCUT2D eigenvalue weighted by Crippen LogP contribution is -2.61. The molecule has 2 unspecified atom stereocenters. The van der Waals surface area contributed by atoms with Crippen LogP contribution in [0.1, 0.15) is 38.3 Å². The summed E-state index contributed by atoms with van der Waals surface area (Å²) in [6.45, 7) is 12.0. The molecule has 19 heavy (non-hydrogen) atoms. The number of hydrogen-bond acceptors (Lipinski definition) is 2. The van der Waals surface area contributed by atoms with E-state index < -0.39 is 0 Å². The van der Waals surface area contributed by atoms with Crippen molar-refractivity contribution in [1.29, 1.82) is 0 Å². The zero-order valence-corrected chi connectivity index (χ0v) is 13.2. The number of hydrogen-bond donors (Lipinski definition) is 1. The number of aryl methyl sites for hydroxylation is 1. The Kier molecular flexibility index (Phi) is 4.54. The van der Waals surface area contributed by atoms with Crippen LogP contribution in [-0.4, -0.2) is 29.6 Å². The summed E-state index contributed by atoms with van der Waals surface area (Å²) in [5.41, 5.74) is 2.68. The van der Waals surface area contributed by atoms with Crippen molar-refractivity contribution in [2.24, 2.45) is 0 Å². The third kappa shape index (κ3) is 3.50. The summed E-state index contributed by atoms with van der Waals surface area (Å²) in [5, 5.41) is 4.55. The van der Waals surface area contributed by atoms with Crippen LogP contribution < -0.4 is 5.32 Å². The first-order valence-electron chi connectivity index (χ1n) is 7.17. The van der Waals surface area contributed by atoms with Crippen LogP contribution in [0.25, 0.3) is 0 Å². The molecule has 1 aromatic rings. The Morgan fingerprint density at radius 1 is 1.47 bits per heavy atom. The van der Waals surface area contributed by atoms with Crippen molar-refractivity contribution < 1.29 is 0 Å². The average molecular weight is 281 g/mol. The van der Waals surface area contributed by atoms with E-state index in [2.05, 4.69) is 56.1 Å². The molecule has 3 heteroatoms. The van der Waals surface area contributed by atoms with Gasteiger partial charge in [0.1, 0.15) is 0 Å². The second-order valence-electron chi connectivity index (χ2n) is 6.14. The van der Waals surface area contributed by atoms with Gasteiger partial charge in [-0.25, -0.2) is 0 Å². The van der Waals surface area contributed by atoms with Gasteiger partial charge in [0.25, 0.3) is 0 Å². The molecule has 1 heterocycles. The van der Waals surface area contributed by atoms with E-state index in [4.69, 9.17) is 11.6 Å². The van der Waals surface area contributed by atoms with Crippen LogP contribution in [0.15, 0.2) is 18.2 Å². The second kappa shape index (κ2) is 5.82. The highest BCUT2D eigenvalue weighted by Gasteiger charge is 2.32. The molecule has 2 rings (SSSR count). The molecular weight excluding hydrogens is 256 g/mol. The average Bonchev–Trinajstić information content (AvgIpc) is 2.37. The van der Waals surface area contributed by atoms with E-state index in [1.54, 1.807) is 0 Å². The van der Waals surface area contributed by atoms with Crippen molar-refractivity contribution in [3.05, 3.63) is 34.3 Å². The lowest BCUT2D eigenvalue weighted by atomic mass is 9.93. The van der Waals surface area contributed by atoms with E-state index in [1.165, 1.54) is 11.1 Å². The van der Waals surface area contributed by atoms with Crippen molar-refractivity contribution in [1.82, 2.24) is 10.2 Å². The predicted molar refractivity (Wildman–Crippen MR) is 82.8 cm³/mol. The first-order chi connectivity index (χ1) is 8.93. The molecule has 0 spiro atoms. The number of rotatable bonds is 3. The van der Waals surface area contributed by atoms with Crippen LogP contribution in [-0.2, 0) is 6.54 Å². The Balaban J connectivity index is 2.12. The molecule has 1 saturated heterocycles. The summed E-state index contributed by atoms with van der Waals surface area (Å²) in [6.07, 6.45) is 1.15. The molecule has 106 valence electrons. The quantitative estimate of drug-likeness (QED) is 0.910. The first-order valence-corrected chi connectivity index (χ1v) is 7.55. The van der Waals surface area contributed by atoms with Gasteiger partial charge in [0.2, 0.25) is 0 Å². The molecule has 0 aromatic heterocycles. The summed E-state index contributed by atoms with van der Waals surface area (Å²) >= 11 is 6.36. The number of piperazine rings is 1. The molecule has 0 aliphatic carbocycles. The number of nitrogens with zero attached hydrogens (tertiary/aromatic N) is 1. The molecule has 1 N–H and O–H groups in total. The summed E-state index contributed by atoms with van der Waals surface area (Å²) in [7, 11) is 0.